The highest BCUT2D eigenvalue weighted by Crippen LogP contribution is 2.42. The van der Waals surface area contributed by atoms with Crippen LogP contribution in [-0.4, -0.2) is 18.0 Å². The van der Waals surface area contributed by atoms with Crippen molar-refractivity contribution < 1.29 is 4.74 Å². The molecule has 0 radical (unpaired) electrons. The van der Waals surface area contributed by atoms with Gasteiger partial charge in [-0.15, -0.1) is 0 Å². The van der Waals surface area contributed by atoms with Gasteiger partial charge in [0.05, 0.1) is 5.69 Å². The number of amidine groups is 1. The van der Waals surface area contributed by atoms with Crippen molar-refractivity contribution in [2.75, 3.05) is 17.8 Å². The number of hydrogen-bond acceptors (Lipinski definition) is 3. The monoisotopic (exact) mass is 246 g/mol. The minimum absolute atomic E-state index is 0.0163. The van der Waals surface area contributed by atoms with E-state index in [1.807, 2.05) is 4.90 Å². The van der Waals surface area contributed by atoms with Crippen molar-refractivity contribution in [3.63, 3.8) is 0 Å². The van der Waals surface area contributed by atoms with Crippen molar-refractivity contribution in [3.05, 3.63) is 41.1 Å². The molecule has 0 amide bonds. The molecule has 0 aromatic heterocycles. The van der Waals surface area contributed by atoms with Gasteiger partial charge in [-0.25, -0.2) is 0 Å². The molecule has 1 N–H and O–H groups in total. The molecule has 1 fully saturated rings. The summed E-state index contributed by atoms with van der Waals surface area (Å²) in [5, 5.41) is 8.60. The van der Waals surface area contributed by atoms with Gasteiger partial charge in [0.1, 0.15) is 6.10 Å². The zero-order valence-corrected chi connectivity index (χ0v) is 10.7. The molecule has 4 heteroatoms. The Labute approximate surface area is 105 Å². The summed E-state index contributed by atoms with van der Waals surface area (Å²) < 4.78 is 5.53. The van der Waals surface area contributed by atoms with E-state index in [0.29, 0.717) is 5.17 Å². The Balaban J connectivity index is 2.18. The molecule has 17 heavy (non-hydrogen) atoms. The first kappa shape index (κ1) is 10.9. The van der Waals surface area contributed by atoms with E-state index in [0.717, 1.165) is 17.0 Å². The molecule has 2 aliphatic rings. The van der Waals surface area contributed by atoms with Crippen molar-refractivity contribution in [3.8, 4) is 0 Å². The topological polar surface area (TPSA) is 36.3 Å². The van der Waals surface area contributed by atoms with Crippen LogP contribution in [0.1, 0.15) is 17.2 Å². The fourth-order valence-corrected chi connectivity index (χ4v) is 3.21. The van der Waals surface area contributed by atoms with Gasteiger partial charge in [0.25, 0.3) is 0 Å². The molecule has 3 nitrogen and oxygen atoms in total. The highest BCUT2D eigenvalue weighted by molar-refractivity contribution is 8.14. The minimum atomic E-state index is 0.0163. The number of thioether (sulfide) groups is 1. The predicted molar refractivity (Wildman–Crippen MR) is 71.7 cm³/mol. The average Bonchev–Trinajstić information content (AvgIpc) is 2.70. The molecule has 3 rings (SSSR count). The maximum atomic E-state index is 7.99. The summed E-state index contributed by atoms with van der Waals surface area (Å²) in [6.45, 7) is 2.08. The quantitative estimate of drug-likeness (QED) is 0.827. The number of ether oxygens (including phenoxy) is 1. The highest BCUT2D eigenvalue weighted by atomic mass is 32.2. The third kappa shape index (κ3) is 1.59. The van der Waals surface area contributed by atoms with E-state index < -0.39 is 0 Å². The van der Waals surface area contributed by atoms with Crippen molar-refractivity contribution in [1.82, 2.24) is 0 Å². The third-order valence-electron chi connectivity index (χ3n) is 3.18. The van der Waals surface area contributed by atoms with Crippen LogP contribution in [0.2, 0.25) is 0 Å². The van der Waals surface area contributed by atoms with Gasteiger partial charge in [-0.2, -0.15) is 0 Å². The zero-order valence-electron chi connectivity index (χ0n) is 9.86. The Bertz CT molecular complexity index is 524. The molecule has 0 bridgehead atoms. The van der Waals surface area contributed by atoms with Crippen LogP contribution < -0.4 is 4.90 Å². The van der Waals surface area contributed by atoms with Crippen molar-refractivity contribution >= 4 is 22.6 Å². The highest BCUT2D eigenvalue weighted by Gasteiger charge is 2.33. The van der Waals surface area contributed by atoms with Crippen molar-refractivity contribution in [1.29, 1.82) is 5.41 Å². The van der Waals surface area contributed by atoms with Gasteiger partial charge in [0.15, 0.2) is 5.17 Å². The van der Waals surface area contributed by atoms with Gasteiger partial charge >= 0.3 is 0 Å². The second-order valence-corrected chi connectivity index (χ2v) is 5.27. The lowest BCUT2D eigenvalue weighted by molar-refractivity contribution is 0.141. The van der Waals surface area contributed by atoms with E-state index in [1.165, 1.54) is 11.3 Å². The van der Waals surface area contributed by atoms with E-state index in [1.54, 1.807) is 18.9 Å². The molecule has 0 spiro atoms. The van der Waals surface area contributed by atoms with Crippen LogP contribution in [0.3, 0.4) is 0 Å². The Morgan fingerprint density at radius 2 is 2.29 bits per heavy atom. The Morgan fingerprint density at radius 1 is 1.47 bits per heavy atom. The van der Waals surface area contributed by atoms with E-state index >= 15 is 0 Å². The Morgan fingerprint density at radius 3 is 3.06 bits per heavy atom. The fourth-order valence-electron chi connectivity index (χ4n) is 2.35. The van der Waals surface area contributed by atoms with Gasteiger partial charge in [-0.05, 0) is 19.1 Å². The summed E-state index contributed by atoms with van der Waals surface area (Å²) in [5.41, 5.74) is 4.64. The van der Waals surface area contributed by atoms with Crippen molar-refractivity contribution in [2.45, 2.75) is 13.0 Å². The fraction of sp³-hybridized carbons (Fsp3) is 0.308. The Hall–Kier alpha value is -1.26. The number of methoxy groups -OCH3 is 1. The summed E-state index contributed by atoms with van der Waals surface area (Å²) in [4.78, 5) is 2.02. The number of nitrogens with zero attached hydrogens (tertiary/aromatic N) is 1. The normalized spacial score (nSPS) is 22.2. The van der Waals surface area contributed by atoms with E-state index in [9.17, 15) is 0 Å². The molecule has 1 unspecified atom stereocenters. The molecule has 0 aliphatic carbocycles. The van der Waals surface area contributed by atoms with Gasteiger partial charge in [0.2, 0.25) is 0 Å². The molecule has 1 aromatic rings. The van der Waals surface area contributed by atoms with Crippen LogP contribution in [-0.2, 0) is 4.74 Å². The summed E-state index contributed by atoms with van der Waals surface area (Å²) in [6.07, 6.45) is 2.14. The molecule has 2 aliphatic heterocycles. The van der Waals surface area contributed by atoms with Gasteiger partial charge < -0.3 is 4.74 Å². The molecular formula is C13H14N2OS. The number of nitrogens with one attached hydrogen (secondary N) is 1. The molecule has 1 atom stereocenters. The largest absolute Gasteiger partial charge is 0.372 e. The smallest absolute Gasteiger partial charge is 0.165 e. The lowest BCUT2D eigenvalue weighted by atomic mass is 9.99. The molecule has 88 valence electrons. The number of hydrogen-bond donors (Lipinski definition) is 1. The van der Waals surface area contributed by atoms with E-state index in [2.05, 4.69) is 31.2 Å². The summed E-state index contributed by atoms with van der Waals surface area (Å²) >= 11 is 1.57. The first-order chi connectivity index (χ1) is 8.20. The third-order valence-corrected chi connectivity index (χ3v) is 4.07. The van der Waals surface area contributed by atoms with E-state index in [-0.39, 0.29) is 6.10 Å². The molecule has 1 aromatic carbocycles. The molecular weight excluding hydrogens is 232 g/mol. The lowest BCUT2D eigenvalue weighted by Gasteiger charge is -2.30. The SMILES string of the molecule is COC1C=C2CSC(=N)N2c2ccc(C)cc21. The summed E-state index contributed by atoms with van der Waals surface area (Å²) in [5.74, 6) is 0.867. The second-order valence-electron chi connectivity index (χ2n) is 4.31. The standard InChI is InChI=1S/C13H14N2OS/c1-8-3-4-11-10(5-8)12(16-2)6-9-7-17-13(14)15(9)11/h3-6,12,14H,7H2,1-2H3. The van der Waals surface area contributed by atoms with Crippen LogP contribution in [0, 0.1) is 12.3 Å². The first-order valence-corrected chi connectivity index (χ1v) is 6.55. The van der Waals surface area contributed by atoms with Crippen LogP contribution in [0.25, 0.3) is 0 Å². The van der Waals surface area contributed by atoms with Crippen LogP contribution in [0.4, 0.5) is 5.69 Å². The lowest BCUT2D eigenvalue weighted by Crippen LogP contribution is -2.27. The van der Waals surface area contributed by atoms with Gasteiger partial charge in [-0.3, -0.25) is 10.3 Å². The predicted octanol–water partition coefficient (Wildman–Crippen LogP) is 3.07. The van der Waals surface area contributed by atoms with Gasteiger partial charge in [-0.1, -0.05) is 29.5 Å². The van der Waals surface area contributed by atoms with Gasteiger partial charge in [0, 0.05) is 24.1 Å². The summed E-state index contributed by atoms with van der Waals surface area (Å²) in [6, 6.07) is 6.32. The maximum absolute atomic E-state index is 7.99. The number of benzene rings is 1. The minimum Gasteiger partial charge on any atom is -0.372 e. The zero-order chi connectivity index (χ0) is 12.0. The molecule has 2 heterocycles. The maximum Gasteiger partial charge on any atom is 0.165 e. The average molecular weight is 246 g/mol. The summed E-state index contributed by atoms with van der Waals surface area (Å²) in [7, 11) is 1.73. The number of aryl methyl sites for hydroxylation is 1. The number of fused-ring (bicyclic) bond motifs is 3. The number of rotatable bonds is 1. The van der Waals surface area contributed by atoms with Crippen molar-refractivity contribution in [2.24, 2.45) is 0 Å². The van der Waals surface area contributed by atoms with E-state index in [4.69, 9.17) is 10.1 Å². The first-order valence-electron chi connectivity index (χ1n) is 5.56. The molecule has 0 saturated carbocycles. The second kappa shape index (κ2) is 3.89. The van der Waals surface area contributed by atoms with Crippen LogP contribution >= 0.6 is 11.8 Å². The Kier molecular flexibility index (Phi) is 2.49. The number of anilines is 1. The van der Waals surface area contributed by atoms with Crippen LogP contribution in [0.15, 0.2) is 30.0 Å². The van der Waals surface area contributed by atoms with Crippen LogP contribution in [0.5, 0.6) is 0 Å². The molecule has 1 saturated heterocycles.